The molecule has 0 unspecified atom stereocenters. The van der Waals surface area contributed by atoms with Crippen LogP contribution in [0.5, 0.6) is 10.9 Å². The van der Waals surface area contributed by atoms with Gasteiger partial charge in [-0.1, -0.05) is 11.3 Å². The lowest BCUT2D eigenvalue weighted by Crippen LogP contribution is -1.97. The molecule has 0 saturated carbocycles. The van der Waals surface area contributed by atoms with Crippen LogP contribution in [-0.4, -0.2) is 9.97 Å². The monoisotopic (exact) mass is 207 g/mol. The normalized spacial score (nSPS) is 10.1. The van der Waals surface area contributed by atoms with E-state index in [1.165, 1.54) is 11.3 Å². The van der Waals surface area contributed by atoms with Crippen molar-refractivity contribution in [3.8, 4) is 10.9 Å². The molecule has 2 rings (SSSR count). The van der Waals surface area contributed by atoms with E-state index >= 15 is 0 Å². The standard InChI is InChI=1S/C9H9N3OS/c10-4-7-3-8(6-11-5-7)13-9-12-1-2-14-9/h1-3,5-6H,4,10H2. The zero-order valence-electron chi connectivity index (χ0n) is 7.38. The topological polar surface area (TPSA) is 61.0 Å². The van der Waals surface area contributed by atoms with Gasteiger partial charge in [0.1, 0.15) is 5.75 Å². The minimum Gasteiger partial charge on any atom is -0.429 e. The maximum absolute atomic E-state index is 5.48. The number of ether oxygens (including phenoxy) is 1. The van der Waals surface area contributed by atoms with Crippen LogP contribution in [0.25, 0.3) is 0 Å². The first-order valence-corrected chi connectivity index (χ1v) is 4.98. The van der Waals surface area contributed by atoms with Gasteiger partial charge in [0.25, 0.3) is 5.19 Å². The maximum atomic E-state index is 5.48. The Hall–Kier alpha value is -1.46. The van der Waals surface area contributed by atoms with Crippen molar-refractivity contribution in [2.75, 3.05) is 0 Å². The summed E-state index contributed by atoms with van der Waals surface area (Å²) in [4.78, 5) is 8.01. The van der Waals surface area contributed by atoms with Crippen molar-refractivity contribution in [2.45, 2.75) is 6.54 Å². The lowest BCUT2D eigenvalue weighted by atomic mass is 10.3. The quantitative estimate of drug-likeness (QED) is 0.833. The van der Waals surface area contributed by atoms with Gasteiger partial charge in [-0.3, -0.25) is 4.98 Å². The van der Waals surface area contributed by atoms with Gasteiger partial charge in [-0.05, 0) is 11.6 Å². The Morgan fingerprint density at radius 2 is 2.36 bits per heavy atom. The number of rotatable bonds is 3. The average Bonchev–Trinajstić information content (AvgIpc) is 2.71. The van der Waals surface area contributed by atoms with Gasteiger partial charge in [0.2, 0.25) is 0 Å². The van der Waals surface area contributed by atoms with Crippen LogP contribution in [0.1, 0.15) is 5.56 Å². The van der Waals surface area contributed by atoms with Crippen molar-refractivity contribution in [1.29, 1.82) is 0 Å². The Morgan fingerprint density at radius 3 is 3.07 bits per heavy atom. The van der Waals surface area contributed by atoms with Gasteiger partial charge in [-0.15, -0.1) is 0 Å². The van der Waals surface area contributed by atoms with Crippen molar-refractivity contribution in [3.05, 3.63) is 35.6 Å². The highest BCUT2D eigenvalue weighted by atomic mass is 32.1. The highest BCUT2D eigenvalue weighted by Gasteiger charge is 2.00. The molecule has 0 spiro atoms. The largest absolute Gasteiger partial charge is 0.429 e. The van der Waals surface area contributed by atoms with Gasteiger partial charge in [-0.25, -0.2) is 4.98 Å². The number of thiazole rings is 1. The van der Waals surface area contributed by atoms with E-state index in [4.69, 9.17) is 10.5 Å². The van der Waals surface area contributed by atoms with E-state index in [9.17, 15) is 0 Å². The summed E-state index contributed by atoms with van der Waals surface area (Å²) in [5, 5.41) is 2.47. The van der Waals surface area contributed by atoms with Gasteiger partial charge in [0, 0.05) is 24.3 Å². The Morgan fingerprint density at radius 1 is 1.43 bits per heavy atom. The number of nitrogens with zero attached hydrogens (tertiary/aromatic N) is 2. The van der Waals surface area contributed by atoms with Crippen LogP contribution in [0.3, 0.4) is 0 Å². The van der Waals surface area contributed by atoms with Crippen LogP contribution in [0.15, 0.2) is 30.0 Å². The number of hydrogen-bond donors (Lipinski definition) is 1. The minimum atomic E-state index is 0.460. The molecule has 0 atom stereocenters. The molecule has 0 amide bonds. The third-order valence-electron chi connectivity index (χ3n) is 1.62. The summed E-state index contributed by atoms with van der Waals surface area (Å²) in [6, 6.07) is 1.86. The predicted molar refractivity (Wildman–Crippen MR) is 54.3 cm³/mol. The first kappa shape index (κ1) is 9.11. The van der Waals surface area contributed by atoms with Gasteiger partial charge < -0.3 is 10.5 Å². The lowest BCUT2D eigenvalue weighted by Gasteiger charge is -2.02. The van der Waals surface area contributed by atoms with E-state index < -0.39 is 0 Å². The van der Waals surface area contributed by atoms with E-state index in [0.29, 0.717) is 17.5 Å². The Balaban J connectivity index is 2.17. The first-order chi connectivity index (χ1) is 6.88. The highest BCUT2D eigenvalue weighted by Crippen LogP contribution is 2.22. The van der Waals surface area contributed by atoms with Crippen molar-refractivity contribution in [3.63, 3.8) is 0 Å². The first-order valence-electron chi connectivity index (χ1n) is 4.10. The van der Waals surface area contributed by atoms with Crippen molar-refractivity contribution < 1.29 is 4.74 Å². The second kappa shape index (κ2) is 4.17. The smallest absolute Gasteiger partial charge is 0.278 e. The predicted octanol–water partition coefficient (Wildman–Crippen LogP) is 1.79. The second-order valence-electron chi connectivity index (χ2n) is 2.63. The Kier molecular flexibility index (Phi) is 2.71. The molecule has 0 aromatic carbocycles. The Bertz CT molecular complexity index is 402. The molecule has 0 radical (unpaired) electrons. The fourth-order valence-electron chi connectivity index (χ4n) is 0.993. The fraction of sp³-hybridized carbons (Fsp3) is 0.111. The molecule has 0 aliphatic carbocycles. The molecule has 0 aliphatic heterocycles. The minimum absolute atomic E-state index is 0.460. The van der Waals surface area contributed by atoms with Crippen LogP contribution in [0, 0.1) is 0 Å². The molecule has 0 saturated heterocycles. The third kappa shape index (κ3) is 2.07. The molecule has 14 heavy (non-hydrogen) atoms. The summed E-state index contributed by atoms with van der Waals surface area (Å²) in [7, 11) is 0. The molecule has 2 heterocycles. The van der Waals surface area contributed by atoms with Crippen LogP contribution in [-0.2, 0) is 6.54 Å². The van der Waals surface area contributed by atoms with Gasteiger partial charge in [0.05, 0.1) is 6.20 Å². The average molecular weight is 207 g/mol. The van der Waals surface area contributed by atoms with E-state index in [1.54, 1.807) is 18.6 Å². The number of pyridine rings is 1. The number of aromatic nitrogens is 2. The summed E-state index contributed by atoms with van der Waals surface area (Å²) in [5.74, 6) is 0.669. The molecule has 2 N–H and O–H groups in total. The summed E-state index contributed by atoms with van der Waals surface area (Å²) in [6.45, 7) is 0.460. The number of nitrogens with two attached hydrogens (primary N) is 1. The molecular formula is C9H9N3OS. The van der Waals surface area contributed by atoms with Gasteiger partial charge in [0.15, 0.2) is 0 Å². The van der Waals surface area contributed by atoms with Crippen molar-refractivity contribution in [1.82, 2.24) is 9.97 Å². The van der Waals surface area contributed by atoms with E-state index in [1.807, 2.05) is 11.4 Å². The molecule has 5 heteroatoms. The molecule has 2 aromatic heterocycles. The van der Waals surface area contributed by atoms with E-state index in [-0.39, 0.29) is 0 Å². The summed E-state index contributed by atoms with van der Waals surface area (Å²) < 4.78 is 5.45. The SMILES string of the molecule is NCc1cncc(Oc2nccs2)c1. The van der Waals surface area contributed by atoms with Crippen LogP contribution >= 0.6 is 11.3 Å². The molecular weight excluding hydrogens is 198 g/mol. The zero-order valence-corrected chi connectivity index (χ0v) is 8.20. The van der Waals surface area contributed by atoms with E-state index in [2.05, 4.69) is 9.97 Å². The molecule has 2 aromatic rings. The molecule has 4 nitrogen and oxygen atoms in total. The van der Waals surface area contributed by atoms with Crippen LogP contribution in [0.2, 0.25) is 0 Å². The summed E-state index contributed by atoms with van der Waals surface area (Å²) >= 11 is 1.44. The number of hydrogen-bond acceptors (Lipinski definition) is 5. The summed E-state index contributed by atoms with van der Waals surface area (Å²) in [5.41, 5.74) is 6.43. The molecule has 0 bridgehead atoms. The van der Waals surface area contributed by atoms with Crippen LogP contribution in [0.4, 0.5) is 0 Å². The summed E-state index contributed by atoms with van der Waals surface area (Å²) in [6.07, 6.45) is 5.05. The van der Waals surface area contributed by atoms with E-state index in [0.717, 1.165) is 5.56 Å². The zero-order chi connectivity index (χ0) is 9.80. The van der Waals surface area contributed by atoms with Crippen LogP contribution < -0.4 is 10.5 Å². The maximum Gasteiger partial charge on any atom is 0.278 e. The van der Waals surface area contributed by atoms with Crippen molar-refractivity contribution in [2.24, 2.45) is 5.73 Å². The molecule has 0 fully saturated rings. The fourth-order valence-corrected chi connectivity index (χ4v) is 1.50. The third-order valence-corrected chi connectivity index (χ3v) is 2.27. The lowest BCUT2D eigenvalue weighted by molar-refractivity contribution is 0.475. The second-order valence-corrected chi connectivity index (χ2v) is 3.49. The molecule has 0 aliphatic rings. The van der Waals surface area contributed by atoms with Gasteiger partial charge in [-0.2, -0.15) is 0 Å². The van der Waals surface area contributed by atoms with Gasteiger partial charge >= 0.3 is 0 Å². The molecule has 72 valence electrons. The van der Waals surface area contributed by atoms with Crippen molar-refractivity contribution >= 4 is 11.3 Å². The Labute approximate surface area is 85.4 Å². The highest BCUT2D eigenvalue weighted by molar-refractivity contribution is 7.11.